The zero-order valence-electron chi connectivity index (χ0n) is 21.7. The van der Waals surface area contributed by atoms with Gasteiger partial charge in [-0.25, -0.2) is 4.39 Å². The van der Waals surface area contributed by atoms with E-state index in [9.17, 15) is 9.18 Å². The molecular formula is C32H36FNO3. The largest absolute Gasteiger partial charge is 0.484 e. The second-order valence-electron chi connectivity index (χ2n) is 10.7. The van der Waals surface area contributed by atoms with E-state index in [1.54, 1.807) is 0 Å². The number of hydrogen-bond acceptors (Lipinski definition) is 3. The Morgan fingerprint density at radius 2 is 1.73 bits per heavy atom. The minimum Gasteiger partial charge on any atom is -0.484 e. The standard InChI is InChI=1S/C32H36FNO3/c1-21(2)29-18-25(22-10-14-26(33)15-11-22)19-37-32(29)24-12-16-27(17-13-24)36-20-31(35)34-30-9-5-7-23-6-3-4-8-28(23)30/h5,7,9-17,21,25,29,32H,3-4,6,8,18-20H2,1-2H3,(H,34,35)/t25-,29-,32-/m0/s1. The molecule has 4 nitrogen and oxygen atoms in total. The summed E-state index contributed by atoms with van der Waals surface area (Å²) in [5.74, 6) is 1.35. The molecule has 194 valence electrons. The minimum absolute atomic E-state index is 0.00157. The van der Waals surface area contributed by atoms with Gasteiger partial charge in [-0.1, -0.05) is 50.2 Å². The first-order chi connectivity index (χ1) is 18.0. The third-order valence-electron chi connectivity index (χ3n) is 7.87. The summed E-state index contributed by atoms with van der Waals surface area (Å²) in [6, 6.07) is 20.9. The van der Waals surface area contributed by atoms with Crippen molar-refractivity contribution in [2.24, 2.45) is 11.8 Å². The van der Waals surface area contributed by atoms with Gasteiger partial charge in [-0.05, 0) is 96.5 Å². The first-order valence-electron chi connectivity index (χ1n) is 13.5. The summed E-state index contributed by atoms with van der Waals surface area (Å²) in [4.78, 5) is 12.6. The normalized spacial score (nSPS) is 21.4. The van der Waals surface area contributed by atoms with Gasteiger partial charge in [0.2, 0.25) is 0 Å². The molecule has 1 saturated heterocycles. The number of ether oxygens (including phenoxy) is 2. The molecule has 1 N–H and O–H groups in total. The Bertz CT molecular complexity index is 1210. The van der Waals surface area contributed by atoms with Gasteiger partial charge >= 0.3 is 0 Å². The Morgan fingerprint density at radius 3 is 2.49 bits per heavy atom. The van der Waals surface area contributed by atoms with Crippen molar-refractivity contribution in [1.82, 2.24) is 0 Å². The molecule has 3 aromatic carbocycles. The third-order valence-corrected chi connectivity index (χ3v) is 7.87. The maximum Gasteiger partial charge on any atom is 0.262 e. The average Bonchev–Trinajstić information content (AvgIpc) is 2.92. The van der Waals surface area contributed by atoms with Gasteiger partial charge in [0.1, 0.15) is 11.6 Å². The van der Waals surface area contributed by atoms with Crippen LogP contribution in [0.3, 0.4) is 0 Å². The van der Waals surface area contributed by atoms with Crippen LogP contribution in [0.15, 0.2) is 66.7 Å². The van der Waals surface area contributed by atoms with Crippen LogP contribution in [0.5, 0.6) is 5.75 Å². The fourth-order valence-corrected chi connectivity index (χ4v) is 5.78. The Hall–Kier alpha value is -3.18. The quantitative estimate of drug-likeness (QED) is 0.371. The van der Waals surface area contributed by atoms with Gasteiger partial charge in [0.05, 0.1) is 12.7 Å². The zero-order valence-corrected chi connectivity index (χ0v) is 21.7. The third kappa shape index (κ3) is 6.04. The molecule has 1 aliphatic heterocycles. The van der Waals surface area contributed by atoms with Gasteiger partial charge < -0.3 is 14.8 Å². The maximum absolute atomic E-state index is 13.4. The van der Waals surface area contributed by atoms with Crippen LogP contribution in [0.1, 0.15) is 67.4 Å². The first kappa shape index (κ1) is 25.5. The summed E-state index contributed by atoms with van der Waals surface area (Å²) in [6.07, 6.45) is 5.46. The van der Waals surface area contributed by atoms with E-state index >= 15 is 0 Å². The average molecular weight is 502 g/mol. The van der Waals surface area contributed by atoms with Gasteiger partial charge in [0, 0.05) is 11.6 Å². The van der Waals surface area contributed by atoms with Gasteiger partial charge in [0.15, 0.2) is 6.61 Å². The summed E-state index contributed by atoms with van der Waals surface area (Å²) in [5, 5.41) is 3.04. The van der Waals surface area contributed by atoms with E-state index < -0.39 is 0 Å². The lowest BCUT2D eigenvalue weighted by Crippen LogP contribution is -2.31. The summed E-state index contributed by atoms with van der Waals surface area (Å²) < 4.78 is 25.6. The van der Waals surface area contributed by atoms with Gasteiger partial charge in [-0.3, -0.25) is 4.79 Å². The molecule has 0 saturated carbocycles. The van der Waals surface area contributed by atoms with Crippen molar-refractivity contribution in [2.75, 3.05) is 18.5 Å². The van der Waals surface area contributed by atoms with Crippen molar-refractivity contribution >= 4 is 11.6 Å². The Morgan fingerprint density at radius 1 is 1.00 bits per heavy atom. The van der Waals surface area contributed by atoms with Crippen molar-refractivity contribution in [3.63, 3.8) is 0 Å². The molecule has 0 aromatic heterocycles. The molecular weight excluding hydrogens is 465 g/mol. The van der Waals surface area contributed by atoms with Crippen LogP contribution >= 0.6 is 0 Å². The monoisotopic (exact) mass is 501 g/mol. The number of aryl methyl sites for hydroxylation is 1. The second kappa shape index (κ2) is 11.5. The molecule has 3 aromatic rings. The Kier molecular flexibility index (Phi) is 7.90. The number of fused-ring (bicyclic) bond motifs is 1. The van der Waals surface area contributed by atoms with Crippen molar-refractivity contribution < 1.29 is 18.7 Å². The number of nitrogens with one attached hydrogen (secondary N) is 1. The molecule has 1 fully saturated rings. The lowest BCUT2D eigenvalue weighted by molar-refractivity contribution is -0.118. The van der Waals surface area contributed by atoms with Gasteiger partial charge in [0.25, 0.3) is 5.91 Å². The molecule has 0 bridgehead atoms. The van der Waals surface area contributed by atoms with E-state index in [4.69, 9.17) is 9.47 Å². The molecule has 1 aliphatic carbocycles. The van der Waals surface area contributed by atoms with Crippen molar-refractivity contribution in [2.45, 2.75) is 58.0 Å². The number of rotatable bonds is 7. The molecule has 0 radical (unpaired) electrons. The number of amides is 1. The van der Waals surface area contributed by atoms with E-state index in [1.807, 2.05) is 48.5 Å². The van der Waals surface area contributed by atoms with Crippen LogP contribution in [0.25, 0.3) is 0 Å². The van der Waals surface area contributed by atoms with Crippen LogP contribution < -0.4 is 10.1 Å². The minimum atomic E-state index is -0.211. The van der Waals surface area contributed by atoms with Crippen LogP contribution in [0.2, 0.25) is 0 Å². The highest BCUT2D eigenvalue weighted by molar-refractivity contribution is 5.92. The fraction of sp³-hybridized carbons (Fsp3) is 0.406. The lowest BCUT2D eigenvalue weighted by Gasteiger charge is -2.39. The molecule has 1 heterocycles. The summed E-state index contributed by atoms with van der Waals surface area (Å²) in [6.45, 7) is 5.04. The predicted octanol–water partition coefficient (Wildman–Crippen LogP) is 7.24. The van der Waals surface area contributed by atoms with E-state index in [1.165, 1.54) is 29.7 Å². The highest BCUT2D eigenvalue weighted by Crippen LogP contribution is 2.43. The van der Waals surface area contributed by atoms with E-state index in [-0.39, 0.29) is 30.4 Å². The Labute approximate surface area is 219 Å². The smallest absolute Gasteiger partial charge is 0.262 e. The lowest BCUT2D eigenvalue weighted by atomic mass is 9.76. The van der Waals surface area contributed by atoms with E-state index in [0.29, 0.717) is 24.2 Å². The number of benzene rings is 3. The van der Waals surface area contributed by atoms with Crippen molar-refractivity contribution in [3.8, 4) is 5.75 Å². The highest BCUT2D eigenvalue weighted by Gasteiger charge is 2.35. The molecule has 5 heteroatoms. The van der Waals surface area contributed by atoms with Crippen molar-refractivity contribution in [1.29, 1.82) is 0 Å². The number of carbonyl (C=O) groups excluding carboxylic acids is 1. The molecule has 0 unspecified atom stereocenters. The summed E-state index contributed by atoms with van der Waals surface area (Å²) in [7, 11) is 0. The van der Waals surface area contributed by atoms with E-state index in [0.717, 1.165) is 42.5 Å². The Balaban J connectivity index is 1.18. The van der Waals surface area contributed by atoms with Gasteiger partial charge in [-0.15, -0.1) is 0 Å². The summed E-state index contributed by atoms with van der Waals surface area (Å²) >= 11 is 0. The van der Waals surface area contributed by atoms with Crippen LogP contribution in [0, 0.1) is 17.7 Å². The predicted molar refractivity (Wildman–Crippen MR) is 144 cm³/mol. The molecule has 1 amide bonds. The van der Waals surface area contributed by atoms with Gasteiger partial charge in [-0.2, -0.15) is 0 Å². The molecule has 0 spiro atoms. The maximum atomic E-state index is 13.4. The van der Waals surface area contributed by atoms with Crippen LogP contribution in [-0.2, 0) is 22.4 Å². The fourth-order valence-electron chi connectivity index (χ4n) is 5.78. The van der Waals surface area contributed by atoms with E-state index in [2.05, 4.69) is 25.2 Å². The first-order valence-corrected chi connectivity index (χ1v) is 13.5. The number of hydrogen-bond donors (Lipinski definition) is 1. The second-order valence-corrected chi connectivity index (χ2v) is 10.7. The van der Waals surface area contributed by atoms with Crippen molar-refractivity contribution in [3.05, 3.63) is 94.8 Å². The number of anilines is 1. The topological polar surface area (TPSA) is 47.6 Å². The molecule has 5 rings (SSSR count). The number of halogens is 1. The SMILES string of the molecule is CC(C)[C@@H]1C[C@H](c2ccc(F)cc2)CO[C@H]1c1ccc(OCC(=O)Nc2cccc3c2CCCC3)cc1. The summed E-state index contributed by atoms with van der Waals surface area (Å²) in [5.41, 5.74) is 5.76. The van der Waals surface area contributed by atoms with Crippen LogP contribution in [0.4, 0.5) is 10.1 Å². The number of carbonyl (C=O) groups is 1. The molecule has 37 heavy (non-hydrogen) atoms. The zero-order chi connectivity index (χ0) is 25.8. The highest BCUT2D eigenvalue weighted by atomic mass is 19.1. The van der Waals surface area contributed by atoms with Crippen LogP contribution in [-0.4, -0.2) is 19.1 Å². The molecule has 2 aliphatic rings. The molecule has 3 atom stereocenters.